The van der Waals surface area contributed by atoms with Crippen molar-refractivity contribution < 1.29 is 19.1 Å². The average Bonchev–Trinajstić information content (AvgIpc) is 2.76. The predicted octanol–water partition coefficient (Wildman–Crippen LogP) is -0.830. The number of ether oxygens (including phenoxy) is 2. The monoisotopic (exact) mass is 230 g/mol. The summed E-state index contributed by atoms with van der Waals surface area (Å²) in [7, 11) is 1.28. The molecular formula is C10H18N2O4. The highest BCUT2D eigenvalue weighted by atomic mass is 16.5. The van der Waals surface area contributed by atoms with Gasteiger partial charge in [0.25, 0.3) is 0 Å². The second kappa shape index (κ2) is 5.81. The van der Waals surface area contributed by atoms with Gasteiger partial charge >= 0.3 is 5.97 Å². The van der Waals surface area contributed by atoms with E-state index in [0.29, 0.717) is 13.0 Å². The van der Waals surface area contributed by atoms with E-state index in [1.165, 1.54) is 7.11 Å². The van der Waals surface area contributed by atoms with Crippen molar-refractivity contribution >= 4 is 11.9 Å². The summed E-state index contributed by atoms with van der Waals surface area (Å²) in [4.78, 5) is 22.7. The van der Waals surface area contributed by atoms with Crippen LogP contribution in [0.15, 0.2) is 0 Å². The molecule has 1 aliphatic heterocycles. The lowest BCUT2D eigenvalue weighted by molar-refractivity contribution is -0.146. The van der Waals surface area contributed by atoms with Crippen molar-refractivity contribution in [3.63, 3.8) is 0 Å². The molecule has 0 spiro atoms. The molecule has 1 amide bonds. The van der Waals surface area contributed by atoms with Crippen LogP contribution in [0.2, 0.25) is 0 Å². The molecule has 1 rings (SSSR count). The topological polar surface area (TPSA) is 90.7 Å². The summed E-state index contributed by atoms with van der Waals surface area (Å²) >= 11 is 0. The summed E-state index contributed by atoms with van der Waals surface area (Å²) in [5, 5.41) is 2.54. The van der Waals surface area contributed by atoms with Crippen LogP contribution in [0.3, 0.4) is 0 Å². The molecule has 0 aliphatic carbocycles. The number of nitrogens with one attached hydrogen (secondary N) is 1. The number of carbonyl (C=O) groups excluding carboxylic acids is 2. The van der Waals surface area contributed by atoms with E-state index in [1.807, 2.05) is 0 Å². The minimum absolute atomic E-state index is 0.0517. The summed E-state index contributed by atoms with van der Waals surface area (Å²) < 4.78 is 9.90. The minimum Gasteiger partial charge on any atom is -0.467 e. The molecule has 0 saturated carbocycles. The number of methoxy groups -OCH3 is 1. The van der Waals surface area contributed by atoms with Gasteiger partial charge in [-0.05, 0) is 19.8 Å². The molecule has 16 heavy (non-hydrogen) atoms. The number of nitrogens with two attached hydrogens (primary N) is 1. The van der Waals surface area contributed by atoms with Crippen LogP contribution < -0.4 is 11.1 Å². The van der Waals surface area contributed by atoms with Crippen LogP contribution in [0.25, 0.3) is 0 Å². The standard InChI is InChI=1S/C10H18N2O4/c1-6(10(14)15-2)12-9(13)8-4-3-7(5-11)16-8/h6-8H,3-5,11H2,1-2H3,(H,12,13)/t6-,7+,8-/m0/s1. The lowest BCUT2D eigenvalue weighted by atomic mass is 10.2. The maximum Gasteiger partial charge on any atom is 0.328 e. The minimum atomic E-state index is -0.655. The van der Waals surface area contributed by atoms with Gasteiger partial charge < -0.3 is 20.5 Å². The number of esters is 1. The van der Waals surface area contributed by atoms with E-state index >= 15 is 0 Å². The maximum atomic E-state index is 11.7. The zero-order valence-corrected chi connectivity index (χ0v) is 9.56. The predicted molar refractivity (Wildman–Crippen MR) is 56.6 cm³/mol. The van der Waals surface area contributed by atoms with Gasteiger partial charge in [-0.3, -0.25) is 4.79 Å². The van der Waals surface area contributed by atoms with E-state index in [9.17, 15) is 9.59 Å². The van der Waals surface area contributed by atoms with Crippen molar-refractivity contribution in [3.05, 3.63) is 0 Å². The maximum absolute atomic E-state index is 11.7. The van der Waals surface area contributed by atoms with Crippen LogP contribution in [-0.2, 0) is 19.1 Å². The molecule has 3 N–H and O–H groups in total. The molecular weight excluding hydrogens is 212 g/mol. The highest BCUT2D eigenvalue weighted by molar-refractivity contribution is 5.86. The normalized spacial score (nSPS) is 26.2. The Hall–Kier alpha value is -1.14. The van der Waals surface area contributed by atoms with E-state index in [2.05, 4.69) is 10.1 Å². The van der Waals surface area contributed by atoms with Crippen molar-refractivity contribution in [1.82, 2.24) is 5.32 Å². The Labute approximate surface area is 94.5 Å². The molecule has 0 unspecified atom stereocenters. The number of hydrogen-bond acceptors (Lipinski definition) is 5. The molecule has 0 aromatic carbocycles. The fraction of sp³-hybridized carbons (Fsp3) is 0.800. The highest BCUT2D eigenvalue weighted by Gasteiger charge is 2.31. The molecule has 1 heterocycles. The van der Waals surface area contributed by atoms with Gasteiger partial charge in [0.1, 0.15) is 12.1 Å². The van der Waals surface area contributed by atoms with Gasteiger partial charge in [0.05, 0.1) is 13.2 Å². The number of carbonyl (C=O) groups is 2. The Morgan fingerprint density at radius 3 is 2.75 bits per heavy atom. The summed E-state index contributed by atoms with van der Waals surface area (Å²) in [5.74, 6) is -0.754. The van der Waals surface area contributed by atoms with E-state index in [1.54, 1.807) is 6.92 Å². The van der Waals surface area contributed by atoms with E-state index in [-0.39, 0.29) is 12.0 Å². The van der Waals surface area contributed by atoms with E-state index in [4.69, 9.17) is 10.5 Å². The van der Waals surface area contributed by atoms with Crippen molar-refractivity contribution in [2.75, 3.05) is 13.7 Å². The first kappa shape index (κ1) is 12.9. The van der Waals surface area contributed by atoms with Gasteiger partial charge in [-0.1, -0.05) is 0 Å². The molecule has 6 nitrogen and oxygen atoms in total. The quantitative estimate of drug-likeness (QED) is 0.615. The number of rotatable bonds is 4. The number of amides is 1. The van der Waals surface area contributed by atoms with Gasteiger partial charge in [-0.15, -0.1) is 0 Å². The fourth-order valence-electron chi connectivity index (χ4n) is 1.61. The molecule has 6 heteroatoms. The molecule has 0 aromatic heterocycles. The molecule has 92 valence electrons. The number of hydrogen-bond donors (Lipinski definition) is 2. The molecule has 0 aromatic rings. The third-order valence-corrected chi connectivity index (χ3v) is 2.58. The average molecular weight is 230 g/mol. The van der Waals surface area contributed by atoms with Gasteiger partial charge in [-0.25, -0.2) is 4.79 Å². The molecule has 3 atom stereocenters. The lowest BCUT2D eigenvalue weighted by Gasteiger charge is -2.15. The summed E-state index contributed by atoms with van der Waals surface area (Å²) in [6.45, 7) is 1.98. The summed E-state index contributed by atoms with van der Waals surface area (Å²) in [6.07, 6.45) is 0.868. The van der Waals surface area contributed by atoms with Gasteiger partial charge in [0.15, 0.2) is 0 Å². The van der Waals surface area contributed by atoms with Crippen LogP contribution in [0.5, 0.6) is 0 Å². The van der Waals surface area contributed by atoms with Gasteiger partial charge in [0.2, 0.25) is 5.91 Å². The van der Waals surface area contributed by atoms with Crippen LogP contribution in [0.1, 0.15) is 19.8 Å². The second-order valence-corrected chi connectivity index (χ2v) is 3.81. The second-order valence-electron chi connectivity index (χ2n) is 3.81. The first-order valence-electron chi connectivity index (χ1n) is 5.32. The Kier molecular flexibility index (Phi) is 4.70. The van der Waals surface area contributed by atoms with Crippen molar-refractivity contribution in [3.8, 4) is 0 Å². The summed E-state index contributed by atoms with van der Waals surface area (Å²) in [5.41, 5.74) is 5.44. The lowest BCUT2D eigenvalue weighted by Crippen LogP contribution is -2.44. The zero-order chi connectivity index (χ0) is 12.1. The van der Waals surface area contributed by atoms with Crippen LogP contribution in [0, 0.1) is 0 Å². The molecule has 1 saturated heterocycles. The smallest absolute Gasteiger partial charge is 0.328 e. The van der Waals surface area contributed by atoms with E-state index in [0.717, 1.165) is 6.42 Å². The SMILES string of the molecule is COC(=O)[C@H](C)NC(=O)[C@@H]1CC[C@H](CN)O1. The highest BCUT2D eigenvalue weighted by Crippen LogP contribution is 2.18. The van der Waals surface area contributed by atoms with Crippen LogP contribution in [0.4, 0.5) is 0 Å². The first-order valence-corrected chi connectivity index (χ1v) is 5.32. The summed E-state index contributed by atoms with van der Waals surface area (Å²) in [6, 6.07) is -0.655. The Bertz CT molecular complexity index is 270. The van der Waals surface area contributed by atoms with Crippen molar-refractivity contribution in [1.29, 1.82) is 0 Å². The Balaban J connectivity index is 2.38. The third kappa shape index (κ3) is 3.18. The third-order valence-electron chi connectivity index (χ3n) is 2.58. The van der Waals surface area contributed by atoms with Gasteiger partial charge in [-0.2, -0.15) is 0 Å². The zero-order valence-electron chi connectivity index (χ0n) is 9.56. The molecule has 1 fully saturated rings. The Morgan fingerprint density at radius 2 is 2.25 bits per heavy atom. The van der Waals surface area contributed by atoms with Crippen LogP contribution >= 0.6 is 0 Å². The molecule has 0 radical (unpaired) electrons. The molecule has 1 aliphatic rings. The molecule has 0 bridgehead atoms. The van der Waals surface area contributed by atoms with E-state index < -0.39 is 18.1 Å². The fourth-order valence-corrected chi connectivity index (χ4v) is 1.61. The first-order chi connectivity index (χ1) is 7.58. The van der Waals surface area contributed by atoms with Gasteiger partial charge in [0, 0.05) is 6.54 Å². The largest absolute Gasteiger partial charge is 0.467 e. The van der Waals surface area contributed by atoms with Crippen LogP contribution in [-0.4, -0.2) is 43.8 Å². The van der Waals surface area contributed by atoms with Crippen molar-refractivity contribution in [2.45, 2.75) is 38.0 Å². The Morgan fingerprint density at radius 1 is 1.56 bits per heavy atom. The van der Waals surface area contributed by atoms with Crippen molar-refractivity contribution in [2.24, 2.45) is 5.73 Å².